The van der Waals surface area contributed by atoms with Gasteiger partial charge in [-0.05, 0) is 12.1 Å². The Kier molecular flexibility index (Phi) is 3.53. The molecule has 118 valence electrons. The lowest BCUT2D eigenvalue weighted by atomic mass is 10.2. The number of fused-ring (bicyclic) bond motifs is 1. The SMILES string of the molecule is O=C(ON1C(=O)CCC1=O)c1cc2cc(Cl)c(O)cc2oc1=O. The van der Waals surface area contributed by atoms with Crippen LogP contribution in [0.5, 0.6) is 5.75 Å². The van der Waals surface area contributed by atoms with Crippen molar-refractivity contribution in [3.8, 4) is 5.75 Å². The molecule has 1 aromatic carbocycles. The summed E-state index contributed by atoms with van der Waals surface area (Å²) >= 11 is 5.75. The van der Waals surface area contributed by atoms with Crippen molar-refractivity contribution in [1.82, 2.24) is 5.06 Å². The Balaban J connectivity index is 1.99. The molecule has 23 heavy (non-hydrogen) atoms. The molecule has 0 unspecified atom stereocenters. The predicted molar refractivity (Wildman–Crippen MR) is 75.7 cm³/mol. The molecule has 0 spiro atoms. The second-order valence-corrected chi connectivity index (χ2v) is 5.16. The van der Waals surface area contributed by atoms with Crippen LogP contribution in [0.25, 0.3) is 11.0 Å². The summed E-state index contributed by atoms with van der Waals surface area (Å²) in [6.07, 6.45) is -0.124. The van der Waals surface area contributed by atoms with E-state index >= 15 is 0 Å². The van der Waals surface area contributed by atoms with Crippen LogP contribution in [-0.4, -0.2) is 28.0 Å². The number of rotatable bonds is 2. The standard InChI is InChI=1S/C14H8ClNO7/c15-8-4-6-3-7(13(20)22-10(6)5-9(8)17)14(21)23-16-11(18)1-2-12(16)19/h3-5,17H,1-2H2. The van der Waals surface area contributed by atoms with Crippen molar-refractivity contribution in [2.75, 3.05) is 0 Å². The van der Waals surface area contributed by atoms with Crippen molar-refractivity contribution >= 4 is 40.4 Å². The maximum absolute atomic E-state index is 12.0. The zero-order valence-corrected chi connectivity index (χ0v) is 12.1. The number of phenolic OH excluding ortho intramolecular Hbond substituents is 1. The zero-order valence-electron chi connectivity index (χ0n) is 11.4. The van der Waals surface area contributed by atoms with E-state index in [9.17, 15) is 24.3 Å². The van der Waals surface area contributed by atoms with Gasteiger partial charge in [0.15, 0.2) is 0 Å². The summed E-state index contributed by atoms with van der Waals surface area (Å²) < 4.78 is 4.90. The molecule has 0 aliphatic carbocycles. The molecule has 1 saturated heterocycles. The third kappa shape index (κ3) is 2.64. The highest BCUT2D eigenvalue weighted by Gasteiger charge is 2.34. The quantitative estimate of drug-likeness (QED) is 0.650. The van der Waals surface area contributed by atoms with Gasteiger partial charge in [0.05, 0.1) is 5.02 Å². The maximum atomic E-state index is 12.0. The van der Waals surface area contributed by atoms with E-state index in [4.69, 9.17) is 16.0 Å². The molecule has 0 radical (unpaired) electrons. The van der Waals surface area contributed by atoms with Crippen molar-refractivity contribution in [3.05, 3.63) is 39.2 Å². The summed E-state index contributed by atoms with van der Waals surface area (Å²) in [6, 6.07) is 3.56. The van der Waals surface area contributed by atoms with Crippen molar-refractivity contribution in [2.45, 2.75) is 12.8 Å². The predicted octanol–water partition coefficient (Wildman–Crippen LogP) is 1.37. The van der Waals surface area contributed by atoms with Gasteiger partial charge in [0.25, 0.3) is 11.8 Å². The number of hydrogen-bond donors (Lipinski definition) is 1. The third-order valence-electron chi connectivity index (χ3n) is 3.20. The number of halogens is 1. The third-order valence-corrected chi connectivity index (χ3v) is 3.50. The zero-order chi connectivity index (χ0) is 16.7. The van der Waals surface area contributed by atoms with Gasteiger partial charge in [-0.15, -0.1) is 5.06 Å². The van der Waals surface area contributed by atoms with E-state index < -0.39 is 29.0 Å². The first-order valence-corrected chi connectivity index (χ1v) is 6.79. The van der Waals surface area contributed by atoms with E-state index in [-0.39, 0.29) is 34.6 Å². The van der Waals surface area contributed by atoms with Crippen LogP contribution >= 0.6 is 11.6 Å². The average molecular weight is 338 g/mol. The molecule has 8 nitrogen and oxygen atoms in total. The van der Waals surface area contributed by atoms with Crippen LogP contribution in [-0.2, 0) is 14.4 Å². The van der Waals surface area contributed by atoms with Gasteiger partial charge in [-0.3, -0.25) is 9.59 Å². The molecule has 0 atom stereocenters. The number of hydrogen-bond acceptors (Lipinski definition) is 7. The van der Waals surface area contributed by atoms with Crippen LogP contribution in [0, 0.1) is 0 Å². The Hall–Kier alpha value is -2.87. The van der Waals surface area contributed by atoms with Crippen LogP contribution in [0.1, 0.15) is 23.2 Å². The fourth-order valence-electron chi connectivity index (χ4n) is 2.06. The van der Waals surface area contributed by atoms with E-state index in [2.05, 4.69) is 4.84 Å². The molecule has 0 saturated carbocycles. The van der Waals surface area contributed by atoms with Crippen LogP contribution in [0.3, 0.4) is 0 Å². The first-order valence-electron chi connectivity index (χ1n) is 6.41. The number of hydroxylamine groups is 2. The Morgan fingerprint density at radius 1 is 1.17 bits per heavy atom. The first kappa shape index (κ1) is 15.0. The van der Waals surface area contributed by atoms with Crippen LogP contribution in [0.4, 0.5) is 0 Å². The lowest BCUT2D eigenvalue weighted by Gasteiger charge is -2.12. The molecule has 1 aromatic heterocycles. The Morgan fingerprint density at radius 3 is 2.48 bits per heavy atom. The molecule has 2 heterocycles. The lowest BCUT2D eigenvalue weighted by molar-refractivity contribution is -0.172. The second-order valence-electron chi connectivity index (χ2n) is 4.75. The molecule has 1 aliphatic rings. The smallest absolute Gasteiger partial charge is 0.371 e. The summed E-state index contributed by atoms with van der Waals surface area (Å²) in [5, 5.41) is 10.1. The van der Waals surface area contributed by atoms with E-state index in [1.54, 1.807) is 0 Å². The maximum Gasteiger partial charge on any atom is 0.371 e. The van der Waals surface area contributed by atoms with Crippen LogP contribution < -0.4 is 5.63 Å². The summed E-state index contributed by atoms with van der Waals surface area (Å²) in [5.41, 5.74) is -1.53. The number of carbonyl (C=O) groups is 3. The minimum Gasteiger partial charge on any atom is -0.506 e. The Bertz CT molecular complexity index is 901. The number of aromatic hydroxyl groups is 1. The van der Waals surface area contributed by atoms with Crippen molar-refractivity contribution in [1.29, 1.82) is 0 Å². The largest absolute Gasteiger partial charge is 0.506 e. The number of nitrogens with zero attached hydrogens (tertiary/aromatic N) is 1. The molecular weight excluding hydrogens is 330 g/mol. The van der Waals surface area contributed by atoms with Gasteiger partial charge >= 0.3 is 11.6 Å². The van der Waals surface area contributed by atoms with Gasteiger partial charge < -0.3 is 14.4 Å². The average Bonchev–Trinajstić information content (AvgIpc) is 2.80. The van der Waals surface area contributed by atoms with Gasteiger partial charge in [0.1, 0.15) is 16.9 Å². The first-order chi connectivity index (χ1) is 10.9. The van der Waals surface area contributed by atoms with Crippen molar-refractivity contribution in [3.63, 3.8) is 0 Å². The molecule has 1 aliphatic heterocycles. The number of amides is 2. The number of phenols is 1. The normalized spacial score (nSPS) is 14.6. The summed E-state index contributed by atoms with van der Waals surface area (Å²) in [4.78, 5) is 51.3. The fourth-order valence-corrected chi connectivity index (χ4v) is 2.23. The minimum absolute atomic E-state index is 0.00411. The highest BCUT2D eigenvalue weighted by Crippen LogP contribution is 2.28. The fraction of sp³-hybridized carbons (Fsp3) is 0.143. The summed E-state index contributed by atoms with van der Waals surface area (Å²) in [6.45, 7) is 0. The Labute approximate surface area is 132 Å². The molecule has 3 rings (SSSR count). The second kappa shape index (κ2) is 5.40. The number of imide groups is 1. The molecular formula is C14H8ClNO7. The molecule has 1 N–H and O–H groups in total. The van der Waals surface area contributed by atoms with E-state index in [0.717, 1.165) is 12.1 Å². The molecule has 2 aromatic rings. The van der Waals surface area contributed by atoms with Crippen LogP contribution in [0.15, 0.2) is 27.4 Å². The number of benzene rings is 1. The van der Waals surface area contributed by atoms with Crippen LogP contribution in [0.2, 0.25) is 5.02 Å². The molecule has 1 fully saturated rings. The van der Waals surface area contributed by atoms with E-state index in [0.29, 0.717) is 5.06 Å². The van der Waals surface area contributed by atoms with Gasteiger partial charge in [0, 0.05) is 24.3 Å². The highest BCUT2D eigenvalue weighted by atomic mass is 35.5. The van der Waals surface area contributed by atoms with Crippen molar-refractivity contribution in [2.24, 2.45) is 0 Å². The molecule has 9 heteroatoms. The molecule has 0 bridgehead atoms. The van der Waals surface area contributed by atoms with Crippen molar-refractivity contribution < 1.29 is 28.7 Å². The topological polar surface area (TPSA) is 114 Å². The lowest BCUT2D eigenvalue weighted by Crippen LogP contribution is -2.33. The Morgan fingerprint density at radius 2 is 1.83 bits per heavy atom. The van der Waals surface area contributed by atoms with Gasteiger partial charge in [-0.25, -0.2) is 9.59 Å². The molecule has 2 amide bonds. The van der Waals surface area contributed by atoms with Gasteiger partial charge in [-0.2, -0.15) is 0 Å². The van der Waals surface area contributed by atoms with Gasteiger partial charge in [0.2, 0.25) is 0 Å². The van der Waals surface area contributed by atoms with Gasteiger partial charge in [-0.1, -0.05) is 11.6 Å². The minimum atomic E-state index is -1.20. The van der Waals surface area contributed by atoms with E-state index in [1.165, 1.54) is 6.07 Å². The number of carbonyl (C=O) groups excluding carboxylic acids is 3. The summed E-state index contributed by atoms with van der Waals surface area (Å²) in [5.74, 6) is -2.82. The van der Waals surface area contributed by atoms with E-state index in [1.807, 2.05) is 0 Å². The summed E-state index contributed by atoms with van der Waals surface area (Å²) in [7, 11) is 0. The highest BCUT2D eigenvalue weighted by molar-refractivity contribution is 6.32. The monoisotopic (exact) mass is 337 g/mol.